The van der Waals surface area contributed by atoms with E-state index >= 15 is 0 Å². The van der Waals surface area contributed by atoms with Crippen molar-refractivity contribution in [2.24, 2.45) is 0 Å². The zero-order chi connectivity index (χ0) is 11.8. The molecule has 15 heavy (non-hydrogen) atoms. The number of halogens is 1. The van der Waals surface area contributed by atoms with E-state index < -0.39 is 0 Å². The summed E-state index contributed by atoms with van der Waals surface area (Å²) >= 11 is 1.66. The Kier molecular flexibility index (Phi) is 5.28. The van der Waals surface area contributed by atoms with Gasteiger partial charge < -0.3 is 0 Å². The number of allylic oxidation sites excluding steroid dienone is 4. The van der Waals surface area contributed by atoms with Gasteiger partial charge in [-0.25, -0.2) is 0 Å². The van der Waals surface area contributed by atoms with E-state index in [1.54, 1.807) is 46.9 Å². The third-order valence-electron chi connectivity index (χ3n) is 1.28. The summed E-state index contributed by atoms with van der Waals surface area (Å²) in [7, 11) is 0. The summed E-state index contributed by atoms with van der Waals surface area (Å²) in [5, 5.41) is 34.3. The van der Waals surface area contributed by atoms with E-state index in [-0.39, 0.29) is 20.3 Å². The third kappa shape index (κ3) is 2.85. The zero-order valence-electron chi connectivity index (χ0n) is 7.24. The molecule has 0 atom stereocenters. The normalized spacial score (nSPS) is 6.67. The molecule has 0 N–H and O–H groups in total. The van der Waals surface area contributed by atoms with Crippen LogP contribution in [0.3, 0.4) is 0 Å². The molecule has 0 heterocycles. The summed E-state index contributed by atoms with van der Waals surface area (Å²) in [5.74, 6) is 2.12. The maximum absolute atomic E-state index is 8.59. The lowest BCUT2D eigenvalue weighted by atomic mass is 10.1. The molecule has 0 radical (unpaired) electrons. The lowest BCUT2D eigenvalue weighted by Crippen LogP contribution is -1.89. The highest BCUT2D eigenvalue weighted by Crippen LogP contribution is 2.23. The lowest BCUT2D eigenvalue weighted by molar-refractivity contribution is 1.43. The lowest BCUT2D eigenvalue weighted by Gasteiger charge is -1.96. The second-order valence-corrected chi connectivity index (χ2v) is 3.11. The smallest absolute Gasteiger partial charge is 0.146 e. The van der Waals surface area contributed by atoms with E-state index in [4.69, 9.17) is 27.5 Å². The van der Waals surface area contributed by atoms with Crippen LogP contribution in [0.4, 0.5) is 0 Å². The van der Waals surface area contributed by atoms with Crippen molar-refractivity contribution in [2.75, 3.05) is 0 Å². The Balaban J connectivity index is 5.99. The minimum absolute atomic E-state index is 0.0290. The van der Waals surface area contributed by atoms with Gasteiger partial charge in [0.15, 0.2) is 0 Å². The average Bonchev–Trinajstić information content (AvgIpc) is 2.27. The van der Waals surface area contributed by atoms with Crippen LogP contribution in [0.5, 0.6) is 0 Å². The van der Waals surface area contributed by atoms with Crippen molar-refractivity contribution >= 4 is 22.6 Å². The van der Waals surface area contributed by atoms with Gasteiger partial charge in [-0.2, -0.15) is 21.0 Å². The first-order chi connectivity index (χ1) is 7.15. The molecule has 0 aromatic carbocycles. The Morgan fingerprint density at radius 2 is 1.27 bits per heavy atom. The highest BCUT2D eigenvalue weighted by Gasteiger charge is 2.12. The van der Waals surface area contributed by atoms with Gasteiger partial charge in [0.05, 0.1) is 9.15 Å². The summed E-state index contributed by atoms with van der Waals surface area (Å²) in [6.45, 7) is 0. The van der Waals surface area contributed by atoms with Crippen LogP contribution in [0.25, 0.3) is 0 Å². The molecule has 0 aliphatic heterocycles. The van der Waals surface area contributed by atoms with E-state index in [0.717, 1.165) is 0 Å². The van der Waals surface area contributed by atoms with Gasteiger partial charge >= 0.3 is 0 Å². The first-order valence-electron chi connectivity index (χ1n) is 3.37. The fraction of sp³-hybridized carbons (Fsp3) is 0. The van der Waals surface area contributed by atoms with Crippen LogP contribution in [0.15, 0.2) is 20.3 Å². The minimum Gasteiger partial charge on any atom is -0.192 e. The monoisotopic (exact) mass is 304 g/mol. The van der Waals surface area contributed by atoms with Gasteiger partial charge in [-0.1, -0.05) is 5.92 Å². The molecule has 0 aromatic rings. The summed E-state index contributed by atoms with van der Waals surface area (Å²) in [6, 6.07) is 6.47. The zero-order valence-corrected chi connectivity index (χ0v) is 9.40. The topological polar surface area (TPSA) is 95.2 Å². The van der Waals surface area contributed by atoms with Gasteiger partial charge in [-0.15, -0.1) is 6.42 Å². The largest absolute Gasteiger partial charge is 0.192 e. The predicted octanol–water partition coefficient (Wildman–Crippen LogP) is 1.70. The van der Waals surface area contributed by atoms with Crippen molar-refractivity contribution in [3.05, 3.63) is 20.3 Å². The molecule has 0 amide bonds. The average molecular weight is 304 g/mol. The van der Waals surface area contributed by atoms with Crippen LogP contribution in [0, 0.1) is 57.7 Å². The van der Waals surface area contributed by atoms with Gasteiger partial charge in [-0.05, 0) is 22.6 Å². The number of hydrogen-bond acceptors (Lipinski definition) is 4. The van der Waals surface area contributed by atoms with Crippen LogP contribution >= 0.6 is 22.6 Å². The fourth-order valence-corrected chi connectivity index (χ4v) is 1.30. The standard InChI is InChI=1S/C10HIN4/c1-2-9(7(3-12)4-13)10(11)8(5-14)6-15/h1H. The van der Waals surface area contributed by atoms with Gasteiger partial charge in [0.25, 0.3) is 0 Å². The second kappa shape index (κ2) is 6.22. The van der Waals surface area contributed by atoms with Crippen LogP contribution in [-0.2, 0) is 0 Å². The second-order valence-electron chi connectivity index (χ2n) is 2.03. The summed E-state index contributed by atoms with van der Waals surface area (Å²) < 4.78 is 0.137. The van der Waals surface area contributed by atoms with Crippen LogP contribution in [-0.4, -0.2) is 0 Å². The minimum atomic E-state index is -0.287. The Morgan fingerprint density at radius 1 is 0.867 bits per heavy atom. The first-order valence-corrected chi connectivity index (χ1v) is 4.45. The predicted molar refractivity (Wildman–Crippen MR) is 59.4 cm³/mol. The molecule has 0 aliphatic carbocycles. The Hall–Kier alpha value is -2.27. The molecule has 0 bridgehead atoms. The Bertz CT molecular complexity index is 515. The van der Waals surface area contributed by atoms with Crippen molar-refractivity contribution < 1.29 is 0 Å². The molecule has 0 spiro atoms. The highest BCUT2D eigenvalue weighted by atomic mass is 127. The van der Waals surface area contributed by atoms with E-state index in [9.17, 15) is 0 Å². The third-order valence-corrected chi connectivity index (χ3v) is 2.36. The molecule has 0 saturated carbocycles. The van der Waals surface area contributed by atoms with Crippen molar-refractivity contribution in [1.82, 2.24) is 0 Å². The molecule has 0 rings (SSSR count). The van der Waals surface area contributed by atoms with Crippen molar-refractivity contribution in [1.29, 1.82) is 21.0 Å². The Morgan fingerprint density at radius 3 is 1.53 bits per heavy atom. The summed E-state index contributed by atoms with van der Waals surface area (Å²) in [4.78, 5) is 0. The quantitative estimate of drug-likeness (QED) is 0.319. The molecular weight excluding hydrogens is 303 g/mol. The van der Waals surface area contributed by atoms with E-state index in [1.807, 2.05) is 0 Å². The molecule has 0 fully saturated rings. The molecule has 4 nitrogen and oxygen atoms in total. The van der Waals surface area contributed by atoms with Crippen LogP contribution in [0.2, 0.25) is 0 Å². The van der Waals surface area contributed by atoms with Gasteiger partial charge in [0.2, 0.25) is 0 Å². The fourth-order valence-electron chi connectivity index (χ4n) is 0.630. The molecule has 5 heteroatoms. The molecule has 0 aliphatic rings. The number of terminal acetylenes is 1. The summed E-state index contributed by atoms with van der Waals surface area (Å²) in [6.07, 6.45) is 5.11. The SMILES string of the molecule is C#CC(=C(C#N)C#N)C(I)=C(C#N)C#N. The molecule has 0 aromatic heterocycles. The van der Waals surface area contributed by atoms with E-state index in [2.05, 4.69) is 5.92 Å². The van der Waals surface area contributed by atoms with Crippen molar-refractivity contribution in [3.63, 3.8) is 0 Å². The number of hydrogen-bond donors (Lipinski definition) is 0. The van der Waals surface area contributed by atoms with Crippen molar-refractivity contribution in [2.45, 2.75) is 0 Å². The maximum Gasteiger partial charge on any atom is 0.146 e. The van der Waals surface area contributed by atoms with E-state index in [1.165, 1.54) is 0 Å². The van der Waals surface area contributed by atoms with Gasteiger partial charge in [0.1, 0.15) is 35.4 Å². The highest BCUT2D eigenvalue weighted by molar-refractivity contribution is 14.1. The van der Waals surface area contributed by atoms with Gasteiger partial charge in [0, 0.05) is 0 Å². The number of rotatable bonds is 1. The molecular formula is C10HIN4. The van der Waals surface area contributed by atoms with E-state index in [0.29, 0.717) is 0 Å². The van der Waals surface area contributed by atoms with Crippen LogP contribution < -0.4 is 0 Å². The Labute approximate surface area is 100 Å². The number of nitriles is 4. The van der Waals surface area contributed by atoms with Gasteiger partial charge in [-0.3, -0.25) is 0 Å². The number of nitrogens with zero attached hydrogens (tertiary/aromatic N) is 4. The van der Waals surface area contributed by atoms with Crippen LogP contribution in [0.1, 0.15) is 0 Å². The summed E-state index contributed by atoms with van der Waals surface area (Å²) in [5.41, 5.74) is -0.532. The molecule has 0 saturated heterocycles. The maximum atomic E-state index is 8.59. The molecule has 0 unspecified atom stereocenters. The van der Waals surface area contributed by atoms with Crippen molar-refractivity contribution in [3.8, 4) is 36.6 Å². The molecule has 68 valence electrons. The first kappa shape index (κ1) is 12.7.